The molecule has 3 heteroatoms. The smallest absolute Gasteiger partial charge is 0.410 e. The van der Waals surface area contributed by atoms with E-state index in [4.69, 9.17) is 4.74 Å². The molecule has 0 radical (unpaired) electrons. The lowest BCUT2D eigenvalue weighted by atomic mass is 9.99. The topological polar surface area (TPSA) is 29.5 Å². The van der Waals surface area contributed by atoms with E-state index in [1.165, 1.54) is 5.57 Å². The molecule has 1 saturated heterocycles. The lowest BCUT2D eigenvalue weighted by Crippen LogP contribution is -2.40. The second-order valence-electron chi connectivity index (χ2n) is 6.81. The van der Waals surface area contributed by atoms with E-state index in [0.29, 0.717) is 13.1 Å². The minimum Gasteiger partial charge on any atom is -0.444 e. The van der Waals surface area contributed by atoms with Crippen molar-refractivity contribution in [2.24, 2.45) is 0 Å². The molecule has 0 N–H and O–H groups in total. The lowest BCUT2D eigenvalue weighted by molar-refractivity contribution is 0.0236. The van der Waals surface area contributed by atoms with Crippen molar-refractivity contribution in [2.45, 2.75) is 46.1 Å². The highest BCUT2D eigenvalue weighted by Gasteiger charge is 2.24. The summed E-state index contributed by atoms with van der Waals surface area (Å²) in [6, 6.07) is 9.99. The maximum atomic E-state index is 12.1. The van der Waals surface area contributed by atoms with E-state index in [9.17, 15) is 4.79 Å². The Balaban J connectivity index is 1.95. The number of rotatable bonds is 0. The predicted molar refractivity (Wildman–Crippen MR) is 93.1 cm³/mol. The van der Waals surface area contributed by atoms with Gasteiger partial charge in [0.05, 0.1) is 0 Å². The monoisotopic (exact) mass is 311 g/mol. The Morgan fingerprint density at radius 2 is 1.74 bits per heavy atom. The number of piperidine rings is 1. The molecule has 1 heterocycles. The van der Waals surface area contributed by atoms with Crippen LogP contribution < -0.4 is 0 Å². The number of allylic oxidation sites excluding steroid dienone is 1. The molecule has 0 aliphatic carbocycles. The van der Waals surface area contributed by atoms with Gasteiger partial charge >= 0.3 is 6.09 Å². The highest BCUT2D eigenvalue weighted by Crippen LogP contribution is 2.21. The van der Waals surface area contributed by atoms with Crippen molar-refractivity contribution in [3.05, 3.63) is 47.0 Å². The number of amides is 1. The molecule has 1 aromatic rings. The van der Waals surface area contributed by atoms with E-state index in [2.05, 4.69) is 18.8 Å². The van der Waals surface area contributed by atoms with Crippen molar-refractivity contribution < 1.29 is 9.53 Å². The first kappa shape index (κ1) is 17.1. The lowest BCUT2D eigenvalue weighted by Gasteiger charge is -2.31. The number of hydrogen-bond acceptors (Lipinski definition) is 2. The number of hydrogen-bond donors (Lipinski definition) is 0. The van der Waals surface area contributed by atoms with Gasteiger partial charge in [-0.2, -0.15) is 0 Å². The van der Waals surface area contributed by atoms with E-state index < -0.39 is 5.60 Å². The quantitative estimate of drug-likeness (QED) is 0.665. The Morgan fingerprint density at radius 3 is 2.30 bits per heavy atom. The van der Waals surface area contributed by atoms with Crippen molar-refractivity contribution in [1.82, 2.24) is 4.90 Å². The van der Waals surface area contributed by atoms with Crippen LogP contribution in [-0.2, 0) is 4.74 Å². The number of benzene rings is 1. The standard InChI is InChI=1S/C20H25NO2/c1-16(10-11-17-8-6-5-7-9-17)18-12-14-21(15-13-18)19(22)23-20(2,3)4/h5-9H,12-15H2,1-4H3. The number of nitrogens with zero attached hydrogens (tertiary/aromatic N) is 1. The maximum Gasteiger partial charge on any atom is 0.410 e. The SMILES string of the molecule is CC(C#Cc1ccccc1)=C1CCN(C(=O)OC(C)(C)C)CC1. The number of carbonyl (C=O) groups is 1. The van der Waals surface area contributed by atoms with Crippen molar-refractivity contribution in [3.63, 3.8) is 0 Å². The van der Waals surface area contributed by atoms with E-state index in [1.807, 2.05) is 51.1 Å². The van der Waals surface area contributed by atoms with Gasteiger partial charge in [-0.15, -0.1) is 0 Å². The summed E-state index contributed by atoms with van der Waals surface area (Å²) in [6.07, 6.45) is 1.52. The molecular weight excluding hydrogens is 286 g/mol. The van der Waals surface area contributed by atoms with Crippen LogP contribution in [0.4, 0.5) is 4.79 Å². The van der Waals surface area contributed by atoms with Crippen LogP contribution in [0.3, 0.4) is 0 Å². The van der Waals surface area contributed by atoms with Gasteiger partial charge in [-0.3, -0.25) is 0 Å². The van der Waals surface area contributed by atoms with Crippen LogP contribution in [0.15, 0.2) is 41.5 Å². The third kappa shape index (κ3) is 5.49. The Kier molecular flexibility index (Phi) is 5.50. The Morgan fingerprint density at radius 1 is 1.13 bits per heavy atom. The van der Waals surface area contributed by atoms with Crippen LogP contribution in [0.25, 0.3) is 0 Å². The summed E-state index contributed by atoms with van der Waals surface area (Å²) < 4.78 is 5.42. The maximum absolute atomic E-state index is 12.1. The summed E-state index contributed by atoms with van der Waals surface area (Å²) in [5.74, 6) is 6.44. The molecule has 1 amide bonds. The van der Waals surface area contributed by atoms with Crippen LogP contribution in [0, 0.1) is 11.8 Å². The predicted octanol–water partition coefficient (Wildman–Crippen LogP) is 4.39. The fourth-order valence-electron chi connectivity index (χ4n) is 2.44. The third-order valence-corrected chi connectivity index (χ3v) is 3.72. The molecule has 0 spiro atoms. The minimum atomic E-state index is -0.440. The van der Waals surface area contributed by atoms with Gasteiger partial charge in [0, 0.05) is 18.7 Å². The fraction of sp³-hybridized carbons (Fsp3) is 0.450. The van der Waals surface area contributed by atoms with Crippen molar-refractivity contribution in [3.8, 4) is 11.8 Å². The average molecular weight is 311 g/mol. The number of ether oxygens (including phenoxy) is 1. The Bertz CT molecular complexity index is 632. The largest absolute Gasteiger partial charge is 0.444 e. The average Bonchev–Trinajstić information content (AvgIpc) is 2.52. The molecule has 0 saturated carbocycles. The molecule has 0 unspecified atom stereocenters. The molecule has 0 atom stereocenters. The minimum absolute atomic E-state index is 0.218. The molecule has 1 fully saturated rings. The van der Waals surface area contributed by atoms with Crippen LogP contribution in [-0.4, -0.2) is 29.7 Å². The third-order valence-electron chi connectivity index (χ3n) is 3.72. The van der Waals surface area contributed by atoms with E-state index in [1.54, 1.807) is 4.90 Å². The van der Waals surface area contributed by atoms with Crippen molar-refractivity contribution in [2.75, 3.05) is 13.1 Å². The van der Waals surface area contributed by atoms with Gasteiger partial charge in [-0.25, -0.2) is 4.79 Å². The van der Waals surface area contributed by atoms with E-state index in [0.717, 1.165) is 24.0 Å². The summed E-state index contributed by atoms with van der Waals surface area (Å²) >= 11 is 0. The number of likely N-dealkylation sites (tertiary alicyclic amines) is 1. The molecule has 0 bridgehead atoms. The highest BCUT2D eigenvalue weighted by molar-refractivity contribution is 5.68. The molecule has 3 nitrogen and oxygen atoms in total. The molecule has 1 aromatic carbocycles. The summed E-state index contributed by atoms with van der Waals surface area (Å²) in [5.41, 5.74) is 3.05. The normalized spacial score (nSPS) is 14.8. The summed E-state index contributed by atoms with van der Waals surface area (Å²) in [4.78, 5) is 13.8. The van der Waals surface area contributed by atoms with Gasteiger partial charge < -0.3 is 9.64 Å². The second-order valence-corrected chi connectivity index (χ2v) is 6.81. The van der Waals surface area contributed by atoms with Crippen LogP contribution in [0.5, 0.6) is 0 Å². The van der Waals surface area contributed by atoms with Crippen molar-refractivity contribution >= 4 is 6.09 Å². The molecule has 2 rings (SSSR count). The first-order valence-corrected chi connectivity index (χ1v) is 8.09. The molecule has 1 aliphatic heterocycles. The zero-order valence-electron chi connectivity index (χ0n) is 14.5. The van der Waals surface area contributed by atoms with Crippen LogP contribution in [0.1, 0.15) is 46.1 Å². The summed E-state index contributed by atoms with van der Waals surface area (Å²) in [5, 5.41) is 0. The summed E-state index contributed by atoms with van der Waals surface area (Å²) in [6.45, 7) is 9.15. The van der Waals surface area contributed by atoms with Gasteiger partial charge in [0.15, 0.2) is 0 Å². The molecule has 23 heavy (non-hydrogen) atoms. The van der Waals surface area contributed by atoms with Crippen molar-refractivity contribution in [1.29, 1.82) is 0 Å². The van der Waals surface area contributed by atoms with Crippen LogP contribution >= 0.6 is 0 Å². The first-order chi connectivity index (χ1) is 10.8. The molecule has 1 aliphatic rings. The molecule has 122 valence electrons. The van der Waals surface area contributed by atoms with E-state index >= 15 is 0 Å². The van der Waals surface area contributed by atoms with Gasteiger partial charge in [-0.1, -0.05) is 35.6 Å². The zero-order valence-corrected chi connectivity index (χ0v) is 14.5. The fourth-order valence-corrected chi connectivity index (χ4v) is 2.44. The van der Waals surface area contributed by atoms with Gasteiger partial charge in [0.2, 0.25) is 0 Å². The van der Waals surface area contributed by atoms with Crippen LogP contribution in [0.2, 0.25) is 0 Å². The van der Waals surface area contributed by atoms with Gasteiger partial charge in [0.25, 0.3) is 0 Å². The second kappa shape index (κ2) is 7.37. The summed E-state index contributed by atoms with van der Waals surface area (Å²) in [7, 11) is 0. The molecule has 0 aromatic heterocycles. The number of carbonyl (C=O) groups excluding carboxylic acids is 1. The first-order valence-electron chi connectivity index (χ1n) is 8.09. The zero-order chi connectivity index (χ0) is 16.9. The van der Waals surface area contributed by atoms with Gasteiger partial charge in [-0.05, 0) is 58.2 Å². The Hall–Kier alpha value is -2.21. The Labute approximate surface area is 139 Å². The van der Waals surface area contributed by atoms with Gasteiger partial charge in [0.1, 0.15) is 5.60 Å². The highest BCUT2D eigenvalue weighted by atomic mass is 16.6. The van der Waals surface area contributed by atoms with E-state index in [-0.39, 0.29) is 6.09 Å². The molecular formula is C20H25NO2.